The van der Waals surface area contributed by atoms with Gasteiger partial charge in [-0.25, -0.2) is 9.37 Å². The van der Waals surface area contributed by atoms with E-state index in [0.29, 0.717) is 5.75 Å². The number of carbonyl (C=O) groups excluding carboxylic acids is 1. The lowest BCUT2D eigenvalue weighted by Gasteiger charge is -2.12. The van der Waals surface area contributed by atoms with Crippen LogP contribution in [-0.4, -0.2) is 27.9 Å². The molecule has 2 aromatic carbocycles. The molecule has 3 aromatic rings. The number of nitro groups is 1. The summed E-state index contributed by atoms with van der Waals surface area (Å²) >= 11 is 0. The molecular weight excluding hydrogens is 385 g/mol. The molecule has 148 valence electrons. The van der Waals surface area contributed by atoms with Gasteiger partial charge >= 0.3 is 11.6 Å². The fourth-order valence-corrected chi connectivity index (χ4v) is 2.33. The molecule has 0 aliphatic rings. The van der Waals surface area contributed by atoms with E-state index in [9.17, 15) is 19.3 Å². The Bertz CT molecular complexity index is 1060. The van der Waals surface area contributed by atoms with Crippen molar-refractivity contribution in [2.24, 2.45) is 0 Å². The van der Waals surface area contributed by atoms with Crippen LogP contribution in [0, 0.1) is 15.9 Å². The first-order chi connectivity index (χ1) is 14.0. The van der Waals surface area contributed by atoms with Gasteiger partial charge in [0.1, 0.15) is 12.1 Å². The second kappa shape index (κ2) is 8.61. The number of carbonyl (C=O) groups is 1. The maximum Gasteiger partial charge on any atom is 0.374 e. The SMILES string of the molecule is COc1ccccc1Oc1ncnc(NNC(=O)c2ccccc2F)c1[N+](=O)[O-]. The van der Waals surface area contributed by atoms with E-state index >= 15 is 0 Å². The largest absolute Gasteiger partial charge is 0.493 e. The molecule has 0 unspecified atom stereocenters. The van der Waals surface area contributed by atoms with Crippen LogP contribution in [0.3, 0.4) is 0 Å². The molecule has 3 rings (SSSR count). The number of hydrogen-bond donors (Lipinski definition) is 2. The van der Waals surface area contributed by atoms with E-state index in [1.807, 2.05) is 0 Å². The predicted molar refractivity (Wildman–Crippen MR) is 99.2 cm³/mol. The van der Waals surface area contributed by atoms with Gasteiger partial charge in [0, 0.05) is 0 Å². The van der Waals surface area contributed by atoms with E-state index in [1.54, 1.807) is 18.2 Å². The summed E-state index contributed by atoms with van der Waals surface area (Å²) in [5, 5.41) is 11.6. The van der Waals surface area contributed by atoms with Crippen LogP contribution in [-0.2, 0) is 0 Å². The number of methoxy groups -OCH3 is 1. The third-order valence-electron chi connectivity index (χ3n) is 3.66. The molecule has 0 spiro atoms. The van der Waals surface area contributed by atoms with Gasteiger partial charge in [0.2, 0.25) is 5.82 Å². The van der Waals surface area contributed by atoms with E-state index in [-0.39, 0.29) is 23.0 Å². The number of ether oxygens (including phenoxy) is 2. The number of nitrogens with zero attached hydrogens (tertiary/aromatic N) is 3. The highest BCUT2D eigenvalue weighted by molar-refractivity contribution is 5.95. The fourth-order valence-electron chi connectivity index (χ4n) is 2.33. The van der Waals surface area contributed by atoms with Crippen molar-refractivity contribution in [2.45, 2.75) is 0 Å². The minimum Gasteiger partial charge on any atom is -0.493 e. The summed E-state index contributed by atoms with van der Waals surface area (Å²) in [6.45, 7) is 0. The van der Waals surface area contributed by atoms with Gasteiger partial charge in [0.25, 0.3) is 5.91 Å². The molecule has 0 atom stereocenters. The summed E-state index contributed by atoms with van der Waals surface area (Å²) in [4.78, 5) is 30.4. The van der Waals surface area contributed by atoms with Crippen LogP contribution in [0.1, 0.15) is 10.4 Å². The lowest BCUT2D eigenvalue weighted by Crippen LogP contribution is -2.31. The van der Waals surface area contributed by atoms with E-state index in [0.717, 1.165) is 12.4 Å². The van der Waals surface area contributed by atoms with Crippen LogP contribution < -0.4 is 20.3 Å². The molecule has 2 N–H and O–H groups in total. The average molecular weight is 399 g/mol. The van der Waals surface area contributed by atoms with Gasteiger partial charge in [0.15, 0.2) is 11.5 Å². The molecule has 0 aliphatic carbocycles. The van der Waals surface area contributed by atoms with Crippen LogP contribution >= 0.6 is 0 Å². The predicted octanol–water partition coefficient (Wildman–Crippen LogP) is 3.08. The minimum absolute atomic E-state index is 0.193. The molecule has 10 nitrogen and oxygen atoms in total. The molecule has 1 amide bonds. The Morgan fingerprint density at radius 2 is 1.79 bits per heavy atom. The Morgan fingerprint density at radius 3 is 2.48 bits per heavy atom. The van der Waals surface area contributed by atoms with Crippen molar-refractivity contribution in [1.29, 1.82) is 0 Å². The summed E-state index contributed by atoms with van der Waals surface area (Å²) in [6, 6.07) is 11.8. The maximum absolute atomic E-state index is 13.7. The minimum atomic E-state index is -0.844. The maximum atomic E-state index is 13.7. The van der Waals surface area contributed by atoms with Gasteiger partial charge in [0.05, 0.1) is 17.6 Å². The van der Waals surface area contributed by atoms with Gasteiger partial charge in [-0.2, -0.15) is 4.98 Å². The Hall–Kier alpha value is -4.28. The molecule has 11 heteroatoms. The number of rotatable bonds is 7. The number of hydrazine groups is 1. The molecule has 0 radical (unpaired) electrons. The van der Waals surface area contributed by atoms with Gasteiger partial charge in [-0.1, -0.05) is 24.3 Å². The lowest BCUT2D eigenvalue weighted by atomic mass is 10.2. The normalized spacial score (nSPS) is 10.1. The lowest BCUT2D eigenvalue weighted by molar-refractivity contribution is -0.385. The first kappa shape index (κ1) is 19.5. The van der Waals surface area contributed by atoms with E-state index < -0.39 is 22.3 Å². The van der Waals surface area contributed by atoms with Crippen molar-refractivity contribution in [3.63, 3.8) is 0 Å². The number of para-hydroxylation sites is 2. The van der Waals surface area contributed by atoms with Crippen LogP contribution in [0.2, 0.25) is 0 Å². The average Bonchev–Trinajstić information content (AvgIpc) is 2.72. The van der Waals surface area contributed by atoms with Crippen LogP contribution in [0.4, 0.5) is 15.9 Å². The Balaban J connectivity index is 1.86. The molecule has 29 heavy (non-hydrogen) atoms. The second-order valence-corrected chi connectivity index (χ2v) is 5.45. The molecule has 0 fully saturated rings. The number of hydrogen-bond acceptors (Lipinski definition) is 8. The quantitative estimate of drug-likeness (QED) is 0.458. The number of benzene rings is 2. The topological polar surface area (TPSA) is 129 Å². The molecule has 1 aromatic heterocycles. The standard InChI is InChI=1S/C18H14FN5O5/c1-28-13-8-4-5-9-14(13)29-18-15(24(26)27)16(20-10-21-18)22-23-17(25)11-6-2-3-7-12(11)19/h2-10H,1H3,(H,23,25)(H,20,21,22). The molecule has 0 bridgehead atoms. The van der Waals surface area contributed by atoms with Crippen molar-refractivity contribution < 1.29 is 23.6 Å². The van der Waals surface area contributed by atoms with Crippen molar-refractivity contribution in [3.05, 3.63) is 76.4 Å². The first-order valence-electron chi connectivity index (χ1n) is 8.12. The molecule has 0 aliphatic heterocycles. The van der Waals surface area contributed by atoms with Crippen molar-refractivity contribution in [2.75, 3.05) is 12.5 Å². The molecule has 0 saturated heterocycles. The highest BCUT2D eigenvalue weighted by atomic mass is 19.1. The van der Waals surface area contributed by atoms with Crippen molar-refractivity contribution in [3.8, 4) is 17.4 Å². The molecule has 1 heterocycles. The van der Waals surface area contributed by atoms with E-state index in [4.69, 9.17) is 9.47 Å². The Labute approximate surface area is 163 Å². The van der Waals surface area contributed by atoms with Crippen LogP contribution in [0.5, 0.6) is 17.4 Å². The summed E-state index contributed by atoms with van der Waals surface area (Å²) in [5.41, 5.74) is 3.59. The zero-order valence-electron chi connectivity index (χ0n) is 15.0. The van der Waals surface area contributed by atoms with Gasteiger partial charge in [-0.05, 0) is 24.3 Å². The van der Waals surface area contributed by atoms with E-state index in [2.05, 4.69) is 20.8 Å². The summed E-state index contributed by atoms with van der Waals surface area (Å²) in [7, 11) is 1.42. The Morgan fingerprint density at radius 1 is 1.10 bits per heavy atom. The van der Waals surface area contributed by atoms with Crippen molar-refractivity contribution >= 4 is 17.4 Å². The fraction of sp³-hybridized carbons (Fsp3) is 0.0556. The number of anilines is 1. The number of aromatic nitrogens is 2. The molecular formula is C18H14FN5O5. The first-order valence-corrected chi connectivity index (χ1v) is 8.12. The summed E-state index contributed by atoms with van der Waals surface area (Å²) < 4.78 is 24.4. The third kappa shape index (κ3) is 4.35. The number of halogens is 1. The van der Waals surface area contributed by atoms with Crippen LogP contribution in [0.25, 0.3) is 0 Å². The zero-order valence-corrected chi connectivity index (χ0v) is 15.0. The third-order valence-corrected chi connectivity index (χ3v) is 3.66. The second-order valence-electron chi connectivity index (χ2n) is 5.45. The summed E-state index contributed by atoms with van der Waals surface area (Å²) in [5.74, 6) is -1.79. The summed E-state index contributed by atoms with van der Waals surface area (Å²) in [6.07, 6.45) is 1.01. The molecule has 0 saturated carbocycles. The van der Waals surface area contributed by atoms with Crippen molar-refractivity contribution in [1.82, 2.24) is 15.4 Å². The smallest absolute Gasteiger partial charge is 0.374 e. The van der Waals surface area contributed by atoms with Crippen LogP contribution in [0.15, 0.2) is 54.9 Å². The Kier molecular flexibility index (Phi) is 5.78. The number of amides is 1. The van der Waals surface area contributed by atoms with Gasteiger partial charge < -0.3 is 9.47 Å². The number of nitrogens with one attached hydrogen (secondary N) is 2. The van der Waals surface area contributed by atoms with E-state index in [1.165, 1.54) is 31.4 Å². The highest BCUT2D eigenvalue weighted by Crippen LogP contribution is 2.37. The van der Waals surface area contributed by atoms with Gasteiger partial charge in [-0.15, -0.1) is 0 Å². The zero-order chi connectivity index (χ0) is 20.8. The highest BCUT2D eigenvalue weighted by Gasteiger charge is 2.26. The monoisotopic (exact) mass is 399 g/mol. The van der Waals surface area contributed by atoms with Gasteiger partial charge in [-0.3, -0.25) is 25.8 Å².